The van der Waals surface area contributed by atoms with Crippen LogP contribution >= 0.6 is 11.3 Å². The molecule has 2 aromatic heterocycles. The SMILES string of the molecule is O=C(CCc1ncc(-c2ccc(F)cc2F)o1)Nc1nc(C2CC2)cs1. The Balaban J connectivity index is 1.34. The lowest BCUT2D eigenvalue weighted by Crippen LogP contribution is -2.12. The van der Waals surface area contributed by atoms with E-state index in [1.807, 2.05) is 5.38 Å². The average Bonchev–Trinajstić information content (AvgIpc) is 3.17. The zero-order valence-electron chi connectivity index (χ0n) is 13.7. The molecule has 3 aromatic rings. The molecule has 4 rings (SSSR count). The molecule has 1 aliphatic rings. The van der Waals surface area contributed by atoms with Gasteiger partial charge in [0.25, 0.3) is 0 Å². The van der Waals surface area contributed by atoms with E-state index in [0.717, 1.165) is 30.7 Å². The fourth-order valence-electron chi connectivity index (χ4n) is 2.55. The van der Waals surface area contributed by atoms with Crippen LogP contribution in [-0.2, 0) is 11.2 Å². The number of nitrogens with zero attached hydrogens (tertiary/aromatic N) is 2. The van der Waals surface area contributed by atoms with Crippen LogP contribution in [-0.4, -0.2) is 15.9 Å². The number of nitrogens with one attached hydrogen (secondary N) is 1. The Bertz CT molecular complexity index is 950. The predicted octanol–water partition coefficient (Wildman–Crippen LogP) is 4.53. The second kappa shape index (κ2) is 6.95. The van der Waals surface area contributed by atoms with Gasteiger partial charge in [0, 0.05) is 30.2 Å². The van der Waals surface area contributed by atoms with Crippen LogP contribution in [0, 0.1) is 11.6 Å². The van der Waals surface area contributed by atoms with E-state index in [4.69, 9.17) is 4.42 Å². The van der Waals surface area contributed by atoms with Gasteiger partial charge in [-0.3, -0.25) is 4.79 Å². The molecule has 1 N–H and O–H groups in total. The van der Waals surface area contributed by atoms with E-state index in [0.29, 0.717) is 16.9 Å². The first-order chi connectivity index (χ1) is 12.6. The zero-order valence-corrected chi connectivity index (χ0v) is 14.5. The number of carbonyl (C=O) groups is 1. The Morgan fingerprint density at radius 1 is 1.35 bits per heavy atom. The average molecular weight is 375 g/mol. The van der Waals surface area contributed by atoms with Gasteiger partial charge in [-0.2, -0.15) is 0 Å². The molecule has 1 aliphatic carbocycles. The number of benzene rings is 1. The summed E-state index contributed by atoms with van der Waals surface area (Å²) in [5.41, 5.74) is 1.17. The summed E-state index contributed by atoms with van der Waals surface area (Å²) in [7, 11) is 0. The number of amides is 1. The van der Waals surface area contributed by atoms with E-state index in [9.17, 15) is 13.6 Å². The van der Waals surface area contributed by atoms with Gasteiger partial charge in [-0.05, 0) is 25.0 Å². The summed E-state index contributed by atoms with van der Waals surface area (Å²) in [6, 6.07) is 3.23. The van der Waals surface area contributed by atoms with Crippen LogP contribution in [0.5, 0.6) is 0 Å². The van der Waals surface area contributed by atoms with Gasteiger partial charge in [0.15, 0.2) is 16.8 Å². The molecule has 1 aromatic carbocycles. The highest BCUT2D eigenvalue weighted by molar-refractivity contribution is 7.13. The molecule has 5 nitrogen and oxygen atoms in total. The summed E-state index contributed by atoms with van der Waals surface area (Å²) in [4.78, 5) is 20.5. The maximum absolute atomic E-state index is 13.8. The Morgan fingerprint density at radius 2 is 2.19 bits per heavy atom. The minimum absolute atomic E-state index is 0.130. The van der Waals surface area contributed by atoms with Crippen molar-refractivity contribution in [3.05, 3.63) is 53.0 Å². The molecule has 2 heterocycles. The number of hydrogen-bond donors (Lipinski definition) is 1. The predicted molar refractivity (Wildman–Crippen MR) is 92.9 cm³/mol. The van der Waals surface area contributed by atoms with Crippen molar-refractivity contribution >= 4 is 22.4 Å². The molecule has 8 heteroatoms. The van der Waals surface area contributed by atoms with Crippen molar-refractivity contribution in [1.82, 2.24) is 9.97 Å². The Hall–Kier alpha value is -2.61. The number of aryl methyl sites for hydroxylation is 1. The highest BCUT2D eigenvalue weighted by Gasteiger charge is 2.26. The molecular weight excluding hydrogens is 360 g/mol. The number of halogens is 2. The van der Waals surface area contributed by atoms with Gasteiger partial charge >= 0.3 is 0 Å². The molecule has 0 aliphatic heterocycles. The van der Waals surface area contributed by atoms with Crippen LogP contribution in [0.4, 0.5) is 13.9 Å². The van der Waals surface area contributed by atoms with Crippen molar-refractivity contribution in [1.29, 1.82) is 0 Å². The minimum atomic E-state index is -0.722. The second-order valence-electron chi connectivity index (χ2n) is 6.14. The smallest absolute Gasteiger partial charge is 0.226 e. The highest BCUT2D eigenvalue weighted by atomic mass is 32.1. The molecule has 0 saturated heterocycles. The van der Waals surface area contributed by atoms with E-state index in [1.165, 1.54) is 23.6 Å². The quantitative estimate of drug-likeness (QED) is 0.688. The van der Waals surface area contributed by atoms with Crippen LogP contribution in [0.25, 0.3) is 11.3 Å². The van der Waals surface area contributed by atoms with Gasteiger partial charge in [0.05, 0.1) is 17.5 Å². The maximum atomic E-state index is 13.8. The molecule has 0 bridgehead atoms. The van der Waals surface area contributed by atoms with Crippen LogP contribution in [0.2, 0.25) is 0 Å². The minimum Gasteiger partial charge on any atom is -0.441 e. The molecule has 0 atom stereocenters. The lowest BCUT2D eigenvalue weighted by atomic mass is 10.2. The molecule has 134 valence electrons. The number of anilines is 1. The molecule has 1 fully saturated rings. The highest BCUT2D eigenvalue weighted by Crippen LogP contribution is 2.40. The van der Waals surface area contributed by atoms with Gasteiger partial charge in [0.2, 0.25) is 5.91 Å². The third-order valence-electron chi connectivity index (χ3n) is 4.08. The lowest BCUT2D eigenvalue weighted by Gasteiger charge is -2.00. The van der Waals surface area contributed by atoms with Crippen molar-refractivity contribution in [2.24, 2.45) is 0 Å². The summed E-state index contributed by atoms with van der Waals surface area (Å²) in [5.74, 6) is -0.497. The molecule has 1 saturated carbocycles. The van der Waals surface area contributed by atoms with Crippen LogP contribution < -0.4 is 5.32 Å². The standard InChI is InChI=1S/C18H15F2N3O2S/c19-11-3-4-12(13(20)7-11)15-8-21-17(25-15)6-5-16(24)23-18-22-14(9-26-18)10-1-2-10/h3-4,7-10H,1-2,5-6H2,(H,22,23,24). The first-order valence-corrected chi connectivity index (χ1v) is 9.12. The number of thiazole rings is 1. The van der Waals surface area contributed by atoms with Crippen LogP contribution in [0.1, 0.15) is 36.8 Å². The largest absolute Gasteiger partial charge is 0.441 e. The van der Waals surface area contributed by atoms with E-state index < -0.39 is 11.6 Å². The number of carbonyl (C=O) groups excluding carboxylic acids is 1. The van der Waals surface area contributed by atoms with Crippen molar-refractivity contribution < 1.29 is 18.0 Å². The summed E-state index contributed by atoms with van der Waals surface area (Å²) >= 11 is 1.42. The molecule has 0 spiro atoms. The van der Waals surface area contributed by atoms with Crippen LogP contribution in [0.15, 0.2) is 34.2 Å². The van der Waals surface area contributed by atoms with Crippen molar-refractivity contribution in [2.45, 2.75) is 31.6 Å². The van der Waals surface area contributed by atoms with E-state index in [1.54, 1.807) is 0 Å². The number of oxazole rings is 1. The van der Waals surface area contributed by atoms with Crippen molar-refractivity contribution in [2.75, 3.05) is 5.32 Å². The number of hydrogen-bond acceptors (Lipinski definition) is 5. The fraction of sp³-hybridized carbons (Fsp3) is 0.278. The first kappa shape index (κ1) is 16.8. The Labute approximate surface area is 152 Å². The zero-order chi connectivity index (χ0) is 18.1. The Morgan fingerprint density at radius 3 is 2.96 bits per heavy atom. The third-order valence-corrected chi connectivity index (χ3v) is 4.86. The summed E-state index contributed by atoms with van der Waals surface area (Å²) in [5, 5.41) is 5.34. The van der Waals surface area contributed by atoms with Gasteiger partial charge < -0.3 is 9.73 Å². The monoisotopic (exact) mass is 375 g/mol. The van der Waals surface area contributed by atoms with E-state index in [-0.39, 0.29) is 30.1 Å². The summed E-state index contributed by atoms with van der Waals surface area (Å²) in [6.45, 7) is 0. The summed E-state index contributed by atoms with van der Waals surface area (Å²) in [6.07, 6.45) is 4.14. The Kier molecular flexibility index (Phi) is 4.50. The number of aromatic nitrogens is 2. The fourth-order valence-corrected chi connectivity index (χ4v) is 3.36. The first-order valence-electron chi connectivity index (χ1n) is 8.24. The normalized spacial score (nSPS) is 13.8. The maximum Gasteiger partial charge on any atom is 0.226 e. The molecule has 1 amide bonds. The van der Waals surface area contributed by atoms with Gasteiger partial charge in [-0.1, -0.05) is 0 Å². The van der Waals surface area contributed by atoms with Gasteiger partial charge in [-0.25, -0.2) is 18.7 Å². The molecule has 26 heavy (non-hydrogen) atoms. The summed E-state index contributed by atoms with van der Waals surface area (Å²) < 4.78 is 32.2. The molecular formula is C18H15F2N3O2S. The van der Waals surface area contributed by atoms with E-state index >= 15 is 0 Å². The van der Waals surface area contributed by atoms with E-state index in [2.05, 4.69) is 15.3 Å². The van der Waals surface area contributed by atoms with Gasteiger partial charge in [-0.15, -0.1) is 11.3 Å². The molecule has 0 unspecified atom stereocenters. The van der Waals surface area contributed by atoms with Crippen LogP contribution in [0.3, 0.4) is 0 Å². The van der Waals surface area contributed by atoms with Crippen molar-refractivity contribution in [3.63, 3.8) is 0 Å². The third kappa shape index (κ3) is 3.80. The number of rotatable bonds is 6. The molecule has 0 radical (unpaired) electrons. The second-order valence-corrected chi connectivity index (χ2v) is 7.00. The lowest BCUT2D eigenvalue weighted by molar-refractivity contribution is -0.116. The van der Waals surface area contributed by atoms with Gasteiger partial charge in [0.1, 0.15) is 11.6 Å². The topological polar surface area (TPSA) is 68.0 Å². The van der Waals surface area contributed by atoms with Crippen molar-refractivity contribution in [3.8, 4) is 11.3 Å².